The highest BCUT2D eigenvalue weighted by Gasteiger charge is 2.24. The molecule has 126 valence electrons. The lowest BCUT2D eigenvalue weighted by molar-refractivity contribution is -0.131. The third-order valence-electron chi connectivity index (χ3n) is 4.44. The molecule has 0 saturated carbocycles. The van der Waals surface area contributed by atoms with Crippen LogP contribution < -0.4 is 5.32 Å². The van der Waals surface area contributed by atoms with Crippen LogP contribution in [0.1, 0.15) is 52.4 Å². The minimum Gasteiger partial charge on any atom is -0.390 e. The maximum absolute atomic E-state index is 12.2. The third kappa shape index (κ3) is 6.18. The Kier molecular flexibility index (Phi) is 7.07. The van der Waals surface area contributed by atoms with E-state index in [-0.39, 0.29) is 30.2 Å². The molecule has 1 aliphatic rings. The van der Waals surface area contributed by atoms with Crippen molar-refractivity contribution < 1.29 is 14.7 Å². The van der Waals surface area contributed by atoms with Crippen molar-refractivity contribution in [2.45, 2.75) is 64.0 Å². The van der Waals surface area contributed by atoms with Crippen molar-refractivity contribution >= 4 is 11.8 Å². The summed E-state index contributed by atoms with van der Waals surface area (Å²) in [4.78, 5) is 26.0. The van der Waals surface area contributed by atoms with Gasteiger partial charge in [0.25, 0.3) is 0 Å². The van der Waals surface area contributed by atoms with Gasteiger partial charge in [0.1, 0.15) is 0 Å². The Morgan fingerprint density at radius 2 is 2.00 bits per heavy atom. The first-order valence-corrected chi connectivity index (χ1v) is 8.14. The number of aliphatic hydroxyl groups is 1. The van der Waals surface area contributed by atoms with Crippen LogP contribution in [0, 0.1) is 5.92 Å². The van der Waals surface area contributed by atoms with Crippen molar-refractivity contribution in [3.63, 3.8) is 0 Å². The Morgan fingerprint density at radius 1 is 1.36 bits per heavy atom. The molecule has 22 heavy (non-hydrogen) atoms. The monoisotopic (exact) mass is 310 g/mol. The van der Waals surface area contributed by atoms with Gasteiger partial charge >= 0.3 is 0 Å². The van der Waals surface area contributed by atoms with Gasteiger partial charge < -0.3 is 15.3 Å². The van der Waals surface area contributed by atoms with E-state index in [0.29, 0.717) is 19.4 Å². The van der Waals surface area contributed by atoms with Crippen LogP contribution in [0.4, 0.5) is 0 Å². The van der Waals surface area contributed by atoms with Crippen molar-refractivity contribution in [2.75, 3.05) is 13.6 Å². The molecular formula is C17H30N2O3. The fourth-order valence-corrected chi connectivity index (χ4v) is 2.73. The van der Waals surface area contributed by atoms with Gasteiger partial charge in [0, 0.05) is 19.5 Å². The molecule has 0 aliphatic carbocycles. The normalized spacial score (nSPS) is 33.0. The molecule has 1 saturated heterocycles. The van der Waals surface area contributed by atoms with Gasteiger partial charge in [-0.2, -0.15) is 0 Å². The summed E-state index contributed by atoms with van der Waals surface area (Å²) in [5, 5.41) is 13.2. The van der Waals surface area contributed by atoms with Crippen molar-refractivity contribution in [1.29, 1.82) is 0 Å². The summed E-state index contributed by atoms with van der Waals surface area (Å²) in [6, 6.07) is -0.323. The molecule has 0 spiro atoms. The van der Waals surface area contributed by atoms with Gasteiger partial charge in [0.15, 0.2) is 0 Å². The molecular weight excluding hydrogens is 280 g/mol. The summed E-state index contributed by atoms with van der Waals surface area (Å²) in [7, 11) is 1.76. The Hall–Kier alpha value is -1.36. The van der Waals surface area contributed by atoms with Crippen molar-refractivity contribution in [1.82, 2.24) is 10.2 Å². The highest BCUT2D eigenvalue weighted by atomic mass is 16.3. The van der Waals surface area contributed by atoms with E-state index in [2.05, 4.69) is 11.9 Å². The van der Waals surface area contributed by atoms with Gasteiger partial charge in [0.2, 0.25) is 11.8 Å². The van der Waals surface area contributed by atoms with Gasteiger partial charge in [-0.1, -0.05) is 13.0 Å². The summed E-state index contributed by atoms with van der Waals surface area (Å²) in [6.45, 7) is 8.03. The van der Waals surface area contributed by atoms with E-state index in [4.69, 9.17) is 0 Å². The van der Waals surface area contributed by atoms with E-state index in [1.54, 1.807) is 18.0 Å². The van der Waals surface area contributed by atoms with Crippen LogP contribution in [-0.4, -0.2) is 47.1 Å². The lowest BCUT2D eigenvalue weighted by atomic mass is 9.91. The third-order valence-corrected chi connectivity index (χ3v) is 4.44. The zero-order chi connectivity index (χ0) is 16.8. The summed E-state index contributed by atoms with van der Waals surface area (Å²) < 4.78 is 0. The number of carbonyl (C=O) groups excluding carboxylic acids is 2. The van der Waals surface area contributed by atoms with Crippen LogP contribution in [-0.2, 0) is 9.59 Å². The van der Waals surface area contributed by atoms with Crippen molar-refractivity contribution in [2.24, 2.45) is 5.92 Å². The average molecular weight is 310 g/mol. The molecule has 5 heteroatoms. The number of amides is 2. The second-order valence-corrected chi connectivity index (χ2v) is 6.76. The molecule has 2 N–H and O–H groups in total. The summed E-state index contributed by atoms with van der Waals surface area (Å²) in [5.41, 5.74) is -0.728. The quantitative estimate of drug-likeness (QED) is 0.726. The predicted octanol–water partition coefficient (Wildman–Crippen LogP) is 1.86. The summed E-state index contributed by atoms with van der Waals surface area (Å²) in [5.74, 6) is -0.208. The molecule has 1 heterocycles. The molecule has 5 nitrogen and oxygen atoms in total. The van der Waals surface area contributed by atoms with Gasteiger partial charge in [-0.15, -0.1) is 6.58 Å². The largest absolute Gasteiger partial charge is 0.390 e. The summed E-state index contributed by atoms with van der Waals surface area (Å²) in [6.07, 6.45) is 5.51. The molecule has 0 bridgehead atoms. The Morgan fingerprint density at radius 3 is 2.64 bits per heavy atom. The smallest absolute Gasteiger partial charge is 0.224 e. The Balaban J connectivity index is 2.78. The van der Waals surface area contributed by atoms with E-state index in [0.717, 1.165) is 19.3 Å². The first-order valence-electron chi connectivity index (χ1n) is 8.14. The van der Waals surface area contributed by atoms with E-state index in [1.807, 2.05) is 13.8 Å². The molecule has 1 rings (SSSR count). The zero-order valence-corrected chi connectivity index (χ0v) is 14.1. The van der Waals surface area contributed by atoms with Crippen LogP contribution in [0.3, 0.4) is 0 Å². The van der Waals surface area contributed by atoms with Gasteiger partial charge in [-0.25, -0.2) is 0 Å². The molecule has 0 aromatic rings. The maximum Gasteiger partial charge on any atom is 0.224 e. The van der Waals surface area contributed by atoms with E-state index < -0.39 is 5.60 Å². The Bertz CT molecular complexity index is 375. The Labute approximate surface area is 133 Å². The zero-order valence-electron chi connectivity index (χ0n) is 14.1. The molecule has 0 aromatic heterocycles. The van der Waals surface area contributed by atoms with Crippen LogP contribution in [0.2, 0.25) is 0 Å². The molecule has 0 aromatic carbocycles. The minimum atomic E-state index is -0.728. The predicted molar refractivity (Wildman–Crippen MR) is 87.3 cm³/mol. The number of carbonyl (C=O) groups is 2. The first kappa shape index (κ1) is 18.7. The molecule has 2 amide bonds. The standard InChI is InChI=1S/C17H30N2O3/c1-5-14-12-15(20)19(4)11-7-10-17(3,22)9-6-8-13(2)16(21)18-14/h5,13-14,22H,1,6-12H2,2-4H3,(H,18,21)/t13-,14?,17+/m1/s1. The van der Waals surface area contributed by atoms with E-state index >= 15 is 0 Å². The topological polar surface area (TPSA) is 69.6 Å². The van der Waals surface area contributed by atoms with Crippen LogP contribution in [0.25, 0.3) is 0 Å². The highest BCUT2D eigenvalue weighted by molar-refractivity contribution is 5.81. The first-order chi connectivity index (χ1) is 10.2. The number of nitrogens with zero attached hydrogens (tertiary/aromatic N) is 1. The fourth-order valence-electron chi connectivity index (χ4n) is 2.73. The maximum atomic E-state index is 12.2. The van der Waals surface area contributed by atoms with Crippen LogP contribution >= 0.6 is 0 Å². The number of hydrogen-bond donors (Lipinski definition) is 2. The van der Waals surface area contributed by atoms with Crippen LogP contribution in [0.15, 0.2) is 12.7 Å². The second-order valence-electron chi connectivity index (χ2n) is 6.76. The molecule has 3 atom stereocenters. The van der Waals surface area contributed by atoms with Gasteiger partial charge in [-0.3, -0.25) is 9.59 Å². The second kappa shape index (κ2) is 8.32. The van der Waals surface area contributed by atoms with Crippen LogP contribution in [0.5, 0.6) is 0 Å². The van der Waals surface area contributed by atoms with E-state index in [1.165, 1.54) is 0 Å². The number of hydrogen-bond acceptors (Lipinski definition) is 3. The lowest BCUT2D eigenvalue weighted by Gasteiger charge is -2.27. The van der Waals surface area contributed by atoms with E-state index in [9.17, 15) is 14.7 Å². The number of rotatable bonds is 1. The molecule has 1 unspecified atom stereocenters. The molecule has 1 fully saturated rings. The average Bonchev–Trinajstić information content (AvgIpc) is 2.44. The van der Waals surface area contributed by atoms with Crippen molar-refractivity contribution in [3.05, 3.63) is 12.7 Å². The number of nitrogens with one attached hydrogen (secondary N) is 1. The van der Waals surface area contributed by atoms with Gasteiger partial charge in [0.05, 0.1) is 18.1 Å². The summed E-state index contributed by atoms with van der Waals surface area (Å²) >= 11 is 0. The molecule has 0 radical (unpaired) electrons. The van der Waals surface area contributed by atoms with Gasteiger partial charge in [-0.05, 0) is 39.0 Å². The fraction of sp³-hybridized carbons (Fsp3) is 0.765. The van der Waals surface area contributed by atoms with Crippen molar-refractivity contribution in [3.8, 4) is 0 Å². The minimum absolute atomic E-state index is 0.0189. The molecule has 1 aliphatic heterocycles. The SMILES string of the molecule is C=CC1CC(=O)N(C)CCC[C@@](C)(O)CCC[C@@H](C)C(=O)N1. The lowest BCUT2D eigenvalue weighted by Crippen LogP contribution is -2.41. The highest BCUT2D eigenvalue weighted by Crippen LogP contribution is 2.22.